The number of hydrogen-bond acceptors (Lipinski definition) is 2. The Morgan fingerprint density at radius 3 is 2.64 bits per heavy atom. The number of anilines is 1. The fourth-order valence-electron chi connectivity index (χ4n) is 1.04. The minimum absolute atomic E-state index is 0.724. The Morgan fingerprint density at radius 2 is 2.18 bits per heavy atom. The Morgan fingerprint density at radius 1 is 1.45 bits per heavy atom. The van der Waals surface area contributed by atoms with Crippen LogP contribution in [0.5, 0.6) is 0 Å². The van der Waals surface area contributed by atoms with Gasteiger partial charge in [0, 0.05) is 18.3 Å². The van der Waals surface area contributed by atoms with Crippen molar-refractivity contribution in [2.24, 2.45) is 0 Å². The number of hydrogen-bond donors (Lipinski definition) is 1. The third kappa shape index (κ3) is 1.58. The largest absolute Gasteiger partial charge is 0.388 e. The van der Waals surface area contributed by atoms with Crippen LogP contribution >= 0.6 is 0 Å². The summed E-state index contributed by atoms with van der Waals surface area (Å²) in [5.74, 6) is 0. The Bertz CT molecular complexity index is 268. The van der Waals surface area contributed by atoms with Crippen LogP contribution in [0.1, 0.15) is 15.9 Å². The number of aryl methyl sites for hydroxylation is 1. The molecule has 2 heteroatoms. The van der Waals surface area contributed by atoms with Gasteiger partial charge in [-0.05, 0) is 30.7 Å². The van der Waals surface area contributed by atoms with Gasteiger partial charge in [-0.2, -0.15) is 0 Å². The lowest BCUT2D eigenvalue weighted by atomic mass is 10.1. The van der Waals surface area contributed by atoms with Gasteiger partial charge < -0.3 is 5.32 Å². The number of nitrogens with one attached hydrogen (secondary N) is 1. The summed E-state index contributed by atoms with van der Waals surface area (Å²) >= 11 is 0. The maximum absolute atomic E-state index is 10.3. The number of carbonyl (C=O) groups is 1. The first-order valence-electron chi connectivity index (χ1n) is 3.51. The molecular weight excluding hydrogens is 138 g/mol. The summed E-state index contributed by atoms with van der Waals surface area (Å²) < 4.78 is 0. The summed E-state index contributed by atoms with van der Waals surface area (Å²) in [6, 6.07) is 5.56. The molecule has 0 atom stereocenters. The maximum Gasteiger partial charge on any atom is 0.150 e. The Hall–Kier alpha value is -1.31. The summed E-state index contributed by atoms with van der Waals surface area (Å²) in [5, 5.41) is 3.03. The molecule has 1 aromatic carbocycles. The SMILES string of the molecule is CNc1ccc(C=O)cc1C. The lowest BCUT2D eigenvalue weighted by Gasteiger charge is -2.03. The number of aldehydes is 1. The molecule has 0 saturated heterocycles. The summed E-state index contributed by atoms with van der Waals surface area (Å²) in [7, 11) is 1.86. The molecule has 0 aliphatic carbocycles. The lowest BCUT2D eigenvalue weighted by molar-refractivity contribution is 0.112. The van der Waals surface area contributed by atoms with Crippen LogP contribution in [0, 0.1) is 6.92 Å². The van der Waals surface area contributed by atoms with Crippen LogP contribution in [-0.2, 0) is 0 Å². The van der Waals surface area contributed by atoms with Crippen LogP contribution in [0.25, 0.3) is 0 Å². The van der Waals surface area contributed by atoms with E-state index >= 15 is 0 Å². The van der Waals surface area contributed by atoms with E-state index in [9.17, 15) is 4.79 Å². The molecule has 0 bridgehead atoms. The van der Waals surface area contributed by atoms with E-state index in [1.807, 2.05) is 26.1 Å². The molecule has 0 heterocycles. The highest BCUT2D eigenvalue weighted by Gasteiger charge is 1.95. The molecule has 0 aliphatic heterocycles. The quantitative estimate of drug-likeness (QED) is 0.650. The minimum Gasteiger partial charge on any atom is -0.388 e. The highest BCUT2D eigenvalue weighted by atomic mass is 16.1. The molecule has 0 radical (unpaired) electrons. The van der Waals surface area contributed by atoms with Crippen molar-refractivity contribution in [2.45, 2.75) is 6.92 Å². The van der Waals surface area contributed by atoms with Crippen LogP contribution in [0.4, 0.5) is 5.69 Å². The monoisotopic (exact) mass is 149 g/mol. The molecule has 2 nitrogen and oxygen atoms in total. The summed E-state index contributed by atoms with van der Waals surface area (Å²) in [6.45, 7) is 1.97. The van der Waals surface area contributed by atoms with Gasteiger partial charge in [-0.3, -0.25) is 4.79 Å². The third-order valence-electron chi connectivity index (χ3n) is 1.66. The summed E-state index contributed by atoms with van der Waals surface area (Å²) in [6.07, 6.45) is 0.854. The zero-order valence-corrected chi connectivity index (χ0v) is 6.72. The first kappa shape index (κ1) is 7.79. The lowest BCUT2D eigenvalue weighted by Crippen LogP contribution is -1.92. The van der Waals surface area contributed by atoms with Crippen molar-refractivity contribution in [1.82, 2.24) is 0 Å². The predicted octanol–water partition coefficient (Wildman–Crippen LogP) is 1.85. The van der Waals surface area contributed by atoms with Crippen LogP contribution in [0.3, 0.4) is 0 Å². The van der Waals surface area contributed by atoms with Crippen molar-refractivity contribution in [1.29, 1.82) is 0 Å². The molecule has 1 rings (SSSR count). The van der Waals surface area contributed by atoms with E-state index in [1.54, 1.807) is 6.07 Å². The first-order valence-corrected chi connectivity index (χ1v) is 3.51. The highest BCUT2D eigenvalue weighted by molar-refractivity contribution is 5.76. The molecule has 0 saturated carbocycles. The molecule has 0 amide bonds. The second-order valence-electron chi connectivity index (χ2n) is 2.44. The molecule has 11 heavy (non-hydrogen) atoms. The Kier molecular flexibility index (Phi) is 2.26. The average Bonchev–Trinajstić information content (AvgIpc) is 2.04. The minimum atomic E-state index is 0.724. The Balaban J connectivity index is 3.09. The second kappa shape index (κ2) is 3.19. The van der Waals surface area contributed by atoms with Crippen molar-refractivity contribution >= 4 is 12.0 Å². The zero-order chi connectivity index (χ0) is 8.27. The van der Waals surface area contributed by atoms with Gasteiger partial charge in [0.05, 0.1) is 0 Å². The first-order chi connectivity index (χ1) is 5.27. The second-order valence-corrected chi connectivity index (χ2v) is 2.44. The number of rotatable bonds is 2. The fraction of sp³-hybridized carbons (Fsp3) is 0.222. The van der Waals surface area contributed by atoms with E-state index in [1.165, 1.54) is 0 Å². The van der Waals surface area contributed by atoms with E-state index in [-0.39, 0.29) is 0 Å². The standard InChI is InChI=1S/C9H11NO/c1-7-5-8(6-11)3-4-9(7)10-2/h3-6,10H,1-2H3. The van der Waals surface area contributed by atoms with Crippen molar-refractivity contribution < 1.29 is 4.79 Å². The van der Waals surface area contributed by atoms with Crippen molar-refractivity contribution in [2.75, 3.05) is 12.4 Å². The van der Waals surface area contributed by atoms with Crippen molar-refractivity contribution in [3.63, 3.8) is 0 Å². The zero-order valence-electron chi connectivity index (χ0n) is 6.72. The van der Waals surface area contributed by atoms with Gasteiger partial charge in [-0.15, -0.1) is 0 Å². The number of benzene rings is 1. The molecule has 0 spiro atoms. The van der Waals surface area contributed by atoms with Crippen molar-refractivity contribution in [3.05, 3.63) is 29.3 Å². The van der Waals surface area contributed by atoms with Crippen LogP contribution in [-0.4, -0.2) is 13.3 Å². The molecule has 1 aromatic rings. The Labute approximate surface area is 66.2 Å². The van der Waals surface area contributed by atoms with Gasteiger partial charge >= 0.3 is 0 Å². The molecule has 0 aliphatic rings. The van der Waals surface area contributed by atoms with Gasteiger partial charge in [-0.1, -0.05) is 0 Å². The van der Waals surface area contributed by atoms with E-state index in [4.69, 9.17) is 0 Å². The average molecular weight is 149 g/mol. The van der Waals surface area contributed by atoms with Gasteiger partial charge in [-0.25, -0.2) is 0 Å². The van der Waals surface area contributed by atoms with Crippen molar-refractivity contribution in [3.8, 4) is 0 Å². The summed E-state index contributed by atoms with van der Waals surface area (Å²) in [5.41, 5.74) is 2.88. The normalized spacial score (nSPS) is 9.27. The van der Waals surface area contributed by atoms with E-state index in [0.29, 0.717) is 0 Å². The van der Waals surface area contributed by atoms with E-state index in [0.717, 1.165) is 23.1 Å². The molecule has 1 N–H and O–H groups in total. The van der Waals surface area contributed by atoms with Gasteiger partial charge in [0.15, 0.2) is 0 Å². The maximum atomic E-state index is 10.3. The molecule has 0 unspecified atom stereocenters. The van der Waals surface area contributed by atoms with E-state index in [2.05, 4.69) is 5.32 Å². The summed E-state index contributed by atoms with van der Waals surface area (Å²) in [4.78, 5) is 10.3. The predicted molar refractivity (Wildman–Crippen MR) is 46.1 cm³/mol. The van der Waals surface area contributed by atoms with Crippen LogP contribution < -0.4 is 5.32 Å². The number of carbonyl (C=O) groups excluding carboxylic acids is 1. The molecule has 58 valence electrons. The third-order valence-corrected chi connectivity index (χ3v) is 1.66. The topological polar surface area (TPSA) is 29.1 Å². The van der Waals surface area contributed by atoms with Gasteiger partial charge in [0.2, 0.25) is 0 Å². The highest BCUT2D eigenvalue weighted by Crippen LogP contribution is 2.14. The van der Waals surface area contributed by atoms with Crippen LogP contribution in [0.2, 0.25) is 0 Å². The van der Waals surface area contributed by atoms with Gasteiger partial charge in [0.25, 0.3) is 0 Å². The van der Waals surface area contributed by atoms with E-state index < -0.39 is 0 Å². The molecule has 0 fully saturated rings. The molecular formula is C9H11NO. The van der Waals surface area contributed by atoms with Gasteiger partial charge in [0.1, 0.15) is 6.29 Å². The van der Waals surface area contributed by atoms with Crippen LogP contribution in [0.15, 0.2) is 18.2 Å². The fourth-order valence-corrected chi connectivity index (χ4v) is 1.04. The molecule has 0 aromatic heterocycles. The smallest absolute Gasteiger partial charge is 0.150 e.